The predicted octanol–water partition coefficient (Wildman–Crippen LogP) is 3.86. The smallest absolute Gasteiger partial charge is 0.278 e. The lowest BCUT2D eigenvalue weighted by molar-refractivity contribution is -0.121. The van der Waals surface area contributed by atoms with E-state index >= 15 is 0 Å². The number of likely N-dealkylation sites (tertiary alicyclic amines) is 1. The molecule has 1 aliphatic heterocycles. The van der Waals surface area contributed by atoms with Gasteiger partial charge in [0.25, 0.3) is 5.91 Å². The molecule has 1 aliphatic carbocycles. The summed E-state index contributed by atoms with van der Waals surface area (Å²) in [6.45, 7) is 0.986. The number of carbonyl (C=O) groups excluding carboxylic acids is 2. The molecule has 8 heteroatoms. The van der Waals surface area contributed by atoms with Crippen LogP contribution < -0.4 is 10.0 Å². The van der Waals surface area contributed by atoms with Crippen molar-refractivity contribution in [1.29, 1.82) is 0 Å². The number of benzene rings is 1. The fourth-order valence-electron chi connectivity index (χ4n) is 5.16. The number of nitrogens with zero attached hydrogens (tertiary/aromatic N) is 2. The Morgan fingerprint density at radius 3 is 2.65 bits per heavy atom. The molecule has 2 aliphatic rings. The monoisotopic (exact) mass is 443 g/mol. The molecule has 2 heterocycles. The fraction of sp³-hybridized carbons (Fsp3) is 0.565. The number of fused-ring (bicyclic) bond motifs is 1. The molecule has 0 spiro atoms. The quantitative estimate of drug-likeness (QED) is 0.591. The van der Waals surface area contributed by atoms with Gasteiger partial charge in [-0.2, -0.15) is 0 Å². The zero-order valence-corrected chi connectivity index (χ0v) is 19.4. The molecule has 0 radical (unpaired) electrons. The normalized spacial score (nSPS) is 22.8. The molecule has 3 N–H and O–H groups in total. The summed E-state index contributed by atoms with van der Waals surface area (Å²) in [7, 11) is 5.80. The summed E-state index contributed by atoms with van der Waals surface area (Å²) < 4.78 is 4.60. The standard InChI is InChI=1S/C23H33N5O2S/c1-27(2)31-26-22(29)20-14-16-13-17(9-10-19(16)25-20)24-23(30)21-18(11-12-28(21)3)15-7-5-4-6-8-15/h9-10,13-15,18,21,25H,4-8,11-12H2,1-3H3,(H,24,30)(H,26,29). The van der Waals surface area contributed by atoms with Crippen molar-refractivity contribution in [2.75, 3.05) is 33.0 Å². The highest BCUT2D eigenvalue weighted by Crippen LogP contribution is 2.38. The Morgan fingerprint density at radius 2 is 1.90 bits per heavy atom. The first-order valence-corrected chi connectivity index (χ1v) is 12.0. The maximum Gasteiger partial charge on any atom is 0.278 e. The number of H-pyrrole nitrogens is 1. The van der Waals surface area contributed by atoms with Gasteiger partial charge in [-0.1, -0.05) is 32.1 Å². The molecule has 4 rings (SSSR count). The van der Waals surface area contributed by atoms with E-state index < -0.39 is 0 Å². The van der Waals surface area contributed by atoms with E-state index in [1.807, 2.05) is 42.7 Å². The molecule has 31 heavy (non-hydrogen) atoms. The number of rotatable bonds is 6. The van der Waals surface area contributed by atoms with Crippen LogP contribution >= 0.6 is 12.1 Å². The SMILES string of the molecule is CN(C)SNC(=O)c1cc2cc(NC(=O)C3C(C4CCCCC4)CCN3C)ccc2[nH]1. The zero-order valence-electron chi connectivity index (χ0n) is 18.6. The Labute approximate surface area is 188 Å². The largest absolute Gasteiger partial charge is 0.350 e. The predicted molar refractivity (Wildman–Crippen MR) is 127 cm³/mol. The second-order valence-electron chi connectivity index (χ2n) is 9.09. The number of anilines is 1. The maximum atomic E-state index is 13.2. The molecule has 2 aromatic rings. The third-order valence-electron chi connectivity index (χ3n) is 6.67. The summed E-state index contributed by atoms with van der Waals surface area (Å²) in [5, 5.41) is 4.05. The van der Waals surface area contributed by atoms with Crippen molar-refractivity contribution < 1.29 is 9.59 Å². The average Bonchev–Trinajstić information content (AvgIpc) is 3.35. The van der Waals surface area contributed by atoms with Gasteiger partial charge in [0.1, 0.15) is 5.69 Å². The van der Waals surface area contributed by atoms with Crippen LogP contribution in [0.4, 0.5) is 5.69 Å². The number of amides is 2. The molecule has 1 saturated heterocycles. The van der Waals surface area contributed by atoms with E-state index in [1.54, 1.807) is 0 Å². The molecule has 2 amide bonds. The van der Waals surface area contributed by atoms with Crippen molar-refractivity contribution >= 4 is 40.5 Å². The van der Waals surface area contributed by atoms with Crippen LogP contribution in [0.15, 0.2) is 24.3 Å². The highest BCUT2D eigenvalue weighted by molar-refractivity contribution is 7.95. The first kappa shape index (κ1) is 22.2. The molecule has 2 fully saturated rings. The summed E-state index contributed by atoms with van der Waals surface area (Å²) in [6.07, 6.45) is 7.56. The Hall–Kier alpha value is -2.03. The Morgan fingerprint density at radius 1 is 1.13 bits per heavy atom. The third kappa shape index (κ3) is 5.07. The van der Waals surface area contributed by atoms with Gasteiger partial charge in [-0.15, -0.1) is 0 Å². The number of aromatic amines is 1. The van der Waals surface area contributed by atoms with Gasteiger partial charge in [0, 0.05) is 28.7 Å². The molecular formula is C23H33N5O2S. The molecule has 1 aromatic carbocycles. The van der Waals surface area contributed by atoms with Gasteiger partial charge in [0.05, 0.1) is 6.04 Å². The summed E-state index contributed by atoms with van der Waals surface area (Å²) in [4.78, 5) is 30.9. The van der Waals surface area contributed by atoms with Crippen LogP contribution in [0.5, 0.6) is 0 Å². The third-order valence-corrected chi connectivity index (χ3v) is 7.32. The van der Waals surface area contributed by atoms with E-state index in [2.05, 4.69) is 27.0 Å². The molecule has 1 aromatic heterocycles. The van der Waals surface area contributed by atoms with Gasteiger partial charge < -0.3 is 10.3 Å². The van der Waals surface area contributed by atoms with Crippen LogP contribution in [0.25, 0.3) is 10.9 Å². The molecular weight excluding hydrogens is 410 g/mol. The maximum absolute atomic E-state index is 13.2. The first-order valence-electron chi connectivity index (χ1n) is 11.2. The highest BCUT2D eigenvalue weighted by atomic mass is 32.2. The van der Waals surface area contributed by atoms with Gasteiger partial charge in [-0.05, 0) is 70.2 Å². The number of aromatic nitrogens is 1. The number of likely N-dealkylation sites (N-methyl/N-ethyl adjacent to an activating group) is 1. The van der Waals surface area contributed by atoms with Gasteiger partial charge in [0.15, 0.2) is 0 Å². The Kier molecular flexibility index (Phi) is 6.89. The second kappa shape index (κ2) is 9.63. The minimum Gasteiger partial charge on any atom is -0.350 e. The van der Waals surface area contributed by atoms with E-state index in [0.717, 1.165) is 29.6 Å². The van der Waals surface area contributed by atoms with Crippen molar-refractivity contribution in [2.45, 2.75) is 44.6 Å². The van der Waals surface area contributed by atoms with Gasteiger partial charge >= 0.3 is 0 Å². The van der Waals surface area contributed by atoms with Crippen LogP contribution in [0, 0.1) is 11.8 Å². The zero-order chi connectivity index (χ0) is 22.0. The first-order chi connectivity index (χ1) is 14.9. The number of carbonyl (C=O) groups is 2. The van der Waals surface area contributed by atoms with Crippen LogP contribution in [0.1, 0.15) is 49.0 Å². The molecule has 2 atom stereocenters. The van der Waals surface area contributed by atoms with E-state index in [-0.39, 0.29) is 17.9 Å². The van der Waals surface area contributed by atoms with Crippen LogP contribution in [0.2, 0.25) is 0 Å². The van der Waals surface area contributed by atoms with Crippen LogP contribution in [0.3, 0.4) is 0 Å². The Bertz CT molecular complexity index is 937. The lowest BCUT2D eigenvalue weighted by Crippen LogP contribution is -2.43. The van der Waals surface area contributed by atoms with E-state index in [9.17, 15) is 9.59 Å². The van der Waals surface area contributed by atoms with Crippen molar-refractivity contribution in [3.05, 3.63) is 30.0 Å². The molecule has 0 bridgehead atoms. The summed E-state index contributed by atoms with van der Waals surface area (Å²) in [6, 6.07) is 7.51. The Balaban J connectivity index is 1.45. The van der Waals surface area contributed by atoms with Crippen LogP contribution in [-0.2, 0) is 4.79 Å². The lowest BCUT2D eigenvalue weighted by Gasteiger charge is -2.32. The fourth-order valence-corrected chi connectivity index (χ4v) is 5.54. The molecule has 7 nitrogen and oxygen atoms in total. The van der Waals surface area contributed by atoms with E-state index in [4.69, 9.17) is 0 Å². The minimum atomic E-state index is -0.177. The van der Waals surface area contributed by atoms with Gasteiger partial charge in [0.2, 0.25) is 5.91 Å². The average molecular weight is 444 g/mol. The topological polar surface area (TPSA) is 80.5 Å². The number of nitrogens with one attached hydrogen (secondary N) is 3. The summed E-state index contributed by atoms with van der Waals surface area (Å²) >= 11 is 1.23. The van der Waals surface area contributed by atoms with E-state index in [0.29, 0.717) is 17.5 Å². The summed E-state index contributed by atoms with van der Waals surface area (Å²) in [5.74, 6) is 1.03. The van der Waals surface area contributed by atoms with Crippen molar-refractivity contribution in [1.82, 2.24) is 18.9 Å². The number of hydrogen-bond acceptors (Lipinski definition) is 5. The van der Waals surface area contributed by atoms with E-state index in [1.165, 1.54) is 44.2 Å². The number of hydrogen-bond donors (Lipinski definition) is 3. The molecule has 2 unspecified atom stereocenters. The van der Waals surface area contributed by atoms with Crippen molar-refractivity contribution in [3.63, 3.8) is 0 Å². The molecule has 1 saturated carbocycles. The van der Waals surface area contributed by atoms with Crippen LogP contribution in [-0.4, -0.2) is 59.7 Å². The van der Waals surface area contributed by atoms with Gasteiger partial charge in [-0.3, -0.25) is 19.2 Å². The minimum absolute atomic E-state index is 0.0607. The lowest BCUT2D eigenvalue weighted by atomic mass is 9.76. The molecule has 168 valence electrons. The van der Waals surface area contributed by atoms with Crippen molar-refractivity contribution in [3.8, 4) is 0 Å². The highest BCUT2D eigenvalue weighted by Gasteiger charge is 2.41. The van der Waals surface area contributed by atoms with Crippen molar-refractivity contribution in [2.24, 2.45) is 11.8 Å². The summed E-state index contributed by atoms with van der Waals surface area (Å²) in [5.41, 5.74) is 2.14. The van der Waals surface area contributed by atoms with Gasteiger partial charge in [-0.25, -0.2) is 4.31 Å². The second-order valence-corrected chi connectivity index (χ2v) is 10.2.